The monoisotopic (exact) mass is 331 g/mol. The van der Waals surface area contributed by atoms with Gasteiger partial charge in [-0.15, -0.1) is 0 Å². The van der Waals surface area contributed by atoms with Gasteiger partial charge in [0.25, 0.3) is 0 Å². The maximum absolute atomic E-state index is 14.0. The van der Waals surface area contributed by atoms with Crippen LogP contribution in [0.2, 0.25) is 0 Å². The summed E-state index contributed by atoms with van der Waals surface area (Å²) in [4.78, 5) is 2.05. The Bertz CT molecular complexity index is 692. The smallest absolute Gasteiger partial charge is 0.231 e. The lowest BCUT2D eigenvalue weighted by atomic mass is 10.1. The van der Waals surface area contributed by atoms with Crippen molar-refractivity contribution in [2.24, 2.45) is 0 Å². The van der Waals surface area contributed by atoms with Crippen molar-refractivity contribution >= 4 is 0 Å². The van der Waals surface area contributed by atoms with E-state index < -0.39 is 6.10 Å². The Hall–Kier alpha value is -2.11. The van der Waals surface area contributed by atoms with Crippen molar-refractivity contribution in [1.29, 1.82) is 0 Å². The third kappa shape index (κ3) is 4.04. The zero-order valence-corrected chi connectivity index (χ0v) is 13.7. The molecule has 0 radical (unpaired) electrons. The highest BCUT2D eigenvalue weighted by atomic mass is 19.1. The number of aliphatic hydroxyl groups is 1. The Morgan fingerprint density at radius 3 is 2.71 bits per heavy atom. The fourth-order valence-electron chi connectivity index (χ4n) is 2.78. The maximum atomic E-state index is 14.0. The van der Waals surface area contributed by atoms with Crippen LogP contribution < -0.4 is 9.47 Å². The van der Waals surface area contributed by atoms with Gasteiger partial charge in [-0.2, -0.15) is 0 Å². The van der Waals surface area contributed by atoms with Gasteiger partial charge in [0.05, 0.1) is 6.10 Å². The molecule has 0 bridgehead atoms. The first kappa shape index (κ1) is 16.7. The third-order valence-electron chi connectivity index (χ3n) is 4.14. The van der Waals surface area contributed by atoms with E-state index in [1.54, 1.807) is 12.1 Å². The van der Waals surface area contributed by atoms with Crippen molar-refractivity contribution in [2.45, 2.75) is 32.5 Å². The van der Waals surface area contributed by atoms with E-state index in [1.165, 1.54) is 6.07 Å². The predicted molar refractivity (Wildman–Crippen MR) is 89.4 cm³/mol. The average Bonchev–Trinajstić information content (AvgIpc) is 3.04. The number of halogens is 1. The third-order valence-corrected chi connectivity index (χ3v) is 4.14. The molecule has 0 aliphatic carbocycles. The molecular weight excluding hydrogens is 309 g/mol. The Balaban J connectivity index is 1.75. The fraction of sp³-hybridized carbons (Fsp3) is 0.368. The number of benzene rings is 2. The summed E-state index contributed by atoms with van der Waals surface area (Å²) in [5, 5.41) is 10.0. The van der Waals surface area contributed by atoms with E-state index in [-0.39, 0.29) is 12.6 Å². The van der Waals surface area contributed by atoms with Crippen LogP contribution in [0.4, 0.5) is 4.39 Å². The van der Waals surface area contributed by atoms with Crippen LogP contribution in [0, 0.1) is 5.82 Å². The Kier molecular flexibility index (Phi) is 5.33. The summed E-state index contributed by atoms with van der Waals surface area (Å²) in [6, 6.07) is 12.5. The van der Waals surface area contributed by atoms with E-state index in [2.05, 4.69) is 0 Å². The summed E-state index contributed by atoms with van der Waals surface area (Å²) in [5.74, 6) is 1.25. The number of ether oxygens (including phenoxy) is 2. The average molecular weight is 331 g/mol. The zero-order chi connectivity index (χ0) is 16.9. The second-order valence-corrected chi connectivity index (χ2v) is 6.01. The molecule has 1 heterocycles. The standard InChI is InChI=1S/C19H22FNO3/c1-2-16(22)12-21(11-15-5-3-4-6-17(15)20)10-14-7-8-18-19(9-14)24-13-23-18/h3-9,16,22H,2,10-13H2,1H3. The molecule has 4 nitrogen and oxygen atoms in total. The number of nitrogens with zero attached hydrogens (tertiary/aromatic N) is 1. The van der Waals surface area contributed by atoms with Gasteiger partial charge in [0.1, 0.15) is 5.82 Å². The summed E-state index contributed by atoms with van der Waals surface area (Å²) in [7, 11) is 0. The summed E-state index contributed by atoms with van der Waals surface area (Å²) in [5.41, 5.74) is 1.67. The minimum Gasteiger partial charge on any atom is -0.454 e. The molecule has 0 saturated carbocycles. The van der Waals surface area contributed by atoms with Gasteiger partial charge in [0.15, 0.2) is 11.5 Å². The fourth-order valence-corrected chi connectivity index (χ4v) is 2.78. The zero-order valence-electron chi connectivity index (χ0n) is 13.7. The van der Waals surface area contributed by atoms with Gasteiger partial charge in [-0.25, -0.2) is 4.39 Å². The Morgan fingerprint density at radius 2 is 1.92 bits per heavy atom. The van der Waals surface area contributed by atoms with Gasteiger partial charge in [-0.3, -0.25) is 4.90 Å². The first-order valence-electron chi connectivity index (χ1n) is 8.18. The number of hydrogen-bond acceptors (Lipinski definition) is 4. The second-order valence-electron chi connectivity index (χ2n) is 6.01. The molecule has 128 valence electrons. The van der Waals surface area contributed by atoms with Crippen LogP contribution in [0.5, 0.6) is 11.5 Å². The largest absolute Gasteiger partial charge is 0.454 e. The van der Waals surface area contributed by atoms with Crippen molar-refractivity contribution < 1.29 is 19.0 Å². The molecule has 2 aromatic carbocycles. The normalized spacial score (nSPS) is 14.2. The molecule has 0 amide bonds. The van der Waals surface area contributed by atoms with Crippen LogP contribution in [-0.2, 0) is 13.1 Å². The summed E-state index contributed by atoms with van der Waals surface area (Å²) in [6.45, 7) is 3.71. The lowest BCUT2D eigenvalue weighted by Crippen LogP contribution is -2.31. The Labute approximate surface area is 141 Å². The van der Waals surface area contributed by atoms with Gasteiger partial charge in [-0.05, 0) is 30.2 Å². The van der Waals surface area contributed by atoms with Crippen molar-refractivity contribution in [3.8, 4) is 11.5 Å². The van der Waals surface area contributed by atoms with E-state index in [4.69, 9.17) is 9.47 Å². The first-order valence-corrected chi connectivity index (χ1v) is 8.18. The summed E-state index contributed by atoms with van der Waals surface area (Å²) >= 11 is 0. The lowest BCUT2D eigenvalue weighted by Gasteiger charge is -2.25. The predicted octanol–water partition coefficient (Wildman–Crippen LogP) is 3.33. The second kappa shape index (κ2) is 7.64. The van der Waals surface area contributed by atoms with Crippen molar-refractivity contribution in [2.75, 3.05) is 13.3 Å². The van der Waals surface area contributed by atoms with Crippen LogP contribution >= 0.6 is 0 Å². The molecule has 1 atom stereocenters. The molecule has 0 spiro atoms. The molecule has 0 saturated heterocycles. The van der Waals surface area contributed by atoms with Crippen LogP contribution in [-0.4, -0.2) is 29.4 Å². The highest BCUT2D eigenvalue weighted by molar-refractivity contribution is 5.44. The highest BCUT2D eigenvalue weighted by Gasteiger charge is 2.17. The molecule has 0 aromatic heterocycles. The van der Waals surface area contributed by atoms with Crippen molar-refractivity contribution in [3.05, 3.63) is 59.4 Å². The number of fused-ring (bicyclic) bond motifs is 1. The molecule has 1 unspecified atom stereocenters. The minimum absolute atomic E-state index is 0.223. The Morgan fingerprint density at radius 1 is 1.12 bits per heavy atom. The molecular formula is C19H22FNO3. The molecule has 1 N–H and O–H groups in total. The van der Waals surface area contributed by atoms with Gasteiger partial charge in [-0.1, -0.05) is 31.2 Å². The molecule has 5 heteroatoms. The van der Waals surface area contributed by atoms with Gasteiger partial charge >= 0.3 is 0 Å². The molecule has 1 aliphatic rings. The summed E-state index contributed by atoms with van der Waals surface area (Å²) < 4.78 is 24.7. The van der Waals surface area contributed by atoms with E-state index in [0.29, 0.717) is 31.6 Å². The summed E-state index contributed by atoms with van der Waals surface area (Å²) in [6.07, 6.45) is 0.223. The maximum Gasteiger partial charge on any atom is 0.231 e. The van der Waals surface area contributed by atoms with Gasteiger partial charge in [0, 0.05) is 25.2 Å². The minimum atomic E-state index is -0.439. The number of aliphatic hydroxyl groups excluding tert-OH is 1. The van der Waals surface area contributed by atoms with Crippen molar-refractivity contribution in [1.82, 2.24) is 4.90 Å². The lowest BCUT2D eigenvalue weighted by molar-refractivity contribution is 0.101. The van der Waals surface area contributed by atoms with Crippen molar-refractivity contribution in [3.63, 3.8) is 0 Å². The van der Waals surface area contributed by atoms with Gasteiger partial charge < -0.3 is 14.6 Å². The van der Waals surface area contributed by atoms with E-state index >= 15 is 0 Å². The van der Waals surface area contributed by atoms with Crippen LogP contribution in [0.1, 0.15) is 24.5 Å². The van der Waals surface area contributed by atoms with E-state index in [9.17, 15) is 9.50 Å². The quantitative estimate of drug-likeness (QED) is 0.845. The SMILES string of the molecule is CCC(O)CN(Cc1ccc2c(c1)OCO2)Cc1ccccc1F. The number of hydrogen-bond donors (Lipinski definition) is 1. The molecule has 0 fully saturated rings. The molecule has 3 rings (SSSR count). The molecule has 1 aliphatic heterocycles. The first-order chi connectivity index (χ1) is 11.7. The van der Waals surface area contributed by atoms with Crippen LogP contribution in [0.15, 0.2) is 42.5 Å². The molecule has 2 aromatic rings. The van der Waals surface area contributed by atoms with Crippen LogP contribution in [0.25, 0.3) is 0 Å². The van der Waals surface area contributed by atoms with E-state index in [0.717, 1.165) is 17.1 Å². The molecule has 24 heavy (non-hydrogen) atoms. The van der Waals surface area contributed by atoms with E-state index in [1.807, 2.05) is 36.1 Å². The van der Waals surface area contributed by atoms with Crippen LogP contribution in [0.3, 0.4) is 0 Å². The van der Waals surface area contributed by atoms with Gasteiger partial charge in [0.2, 0.25) is 6.79 Å². The number of rotatable bonds is 7. The topological polar surface area (TPSA) is 41.9 Å². The highest BCUT2D eigenvalue weighted by Crippen LogP contribution is 2.33.